The van der Waals surface area contributed by atoms with Crippen molar-refractivity contribution in [2.24, 2.45) is 0 Å². The van der Waals surface area contributed by atoms with Crippen LogP contribution in [0, 0.1) is 11.6 Å². The number of carbonyl (C=O) groups is 3. The van der Waals surface area contributed by atoms with Gasteiger partial charge in [-0.1, -0.05) is 36.4 Å². The van der Waals surface area contributed by atoms with E-state index in [-0.39, 0.29) is 29.8 Å². The largest absolute Gasteiger partial charge is 0.374 e. The molecule has 0 radical (unpaired) electrons. The zero-order valence-corrected chi connectivity index (χ0v) is 31.2. The molecule has 0 bridgehead atoms. The van der Waals surface area contributed by atoms with Crippen molar-refractivity contribution in [3.63, 3.8) is 0 Å². The molecule has 3 N–H and O–H groups in total. The molecule has 3 saturated heterocycles. The van der Waals surface area contributed by atoms with Gasteiger partial charge in [0.05, 0.1) is 12.2 Å². The SMILES string of the molecule is O=C1CCC(Nc2ccc(C3CCN(Cc4ccc(CCCNC(=O)c5cnn6ccc(N7CCCC7c7cc(F)ccc7F)nc56)cc4)CC3)cc2)C(=O)N1. The standard InChI is InChI=1S/C43H46F2N8O3/c44-32-11-14-36(45)34(25-32)38-4-2-21-52(38)39-19-24-53-41(49-39)35(26-47-53)42(55)46-20-1-3-28-5-7-29(8-6-28)27-51-22-17-31(18-23-51)30-9-12-33(13-10-30)48-37-15-16-40(54)50-43(37)56/h5-14,19,24-26,31,37-38,48H,1-4,15-18,20-23,27H2,(H,46,55)(H,50,54,56). The van der Waals surface area contributed by atoms with Crippen LogP contribution in [-0.2, 0) is 22.6 Å². The fraction of sp³-hybridized carbons (Fsp3) is 0.372. The van der Waals surface area contributed by atoms with Crippen LogP contribution >= 0.6 is 0 Å². The van der Waals surface area contributed by atoms with Crippen LogP contribution in [-0.4, -0.2) is 69.4 Å². The van der Waals surface area contributed by atoms with E-state index in [1.807, 2.05) is 17.0 Å². The second kappa shape index (κ2) is 16.6. The van der Waals surface area contributed by atoms with Crippen molar-refractivity contribution in [3.8, 4) is 0 Å². The molecule has 13 heteroatoms. The number of anilines is 2. The maximum Gasteiger partial charge on any atom is 0.256 e. The predicted octanol–water partition coefficient (Wildman–Crippen LogP) is 6.31. The highest BCUT2D eigenvalue weighted by Crippen LogP contribution is 2.37. The fourth-order valence-corrected chi connectivity index (χ4v) is 8.28. The Balaban J connectivity index is 0.777. The molecule has 3 fully saturated rings. The summed E-state index contributed by atoms with van der Waals surface area (Å²) in [7, 11) is 0. The molecule has 2 atom stereocenters. The second-order valence-electron chi connectivity index (χ2n) is 15.1. The van der Waals surface area contributed by atoms with Gasteiger partial charge >= 0.3 is 0 Å². The van der Waals surface area contributed by atoms with Gasteiger partial charge < -0.3 is 15.5 Å². The van der Waals surface area contributed by atoms with Gasteiger partial charge in [-0.15, -0.1) is 0 Å². The van der Waals surface area contributed by atoms with E-state index < -0.39 is 11.6 Å². The first-order valence-electron chi connectivity index (χ1n) is 19.6. The monoisotopic (exact) mass is 760 g/mol. The lowest BCUT2D eigenvalue weighted by Gasteiger charge is -2.32. The van der Waals surface area contributed by atoms with Gasteiger partial charge in [0.2, 0.25) is 11.8 Å². The molecule has 5 heterocycles. The van der Waals surface area contributed by atoms with E-state index in [1.54, 1.807) is 16.8 Å². The number of hydrogen-bond donors (Lipinski definition) is 3. The Labute approximate surface area is 324 Å². The van der Waals surface area contributed by atoms with Crippen LogP contribution in [0.4, 0.5) is 20.3 Å². The fourth-order valence-electron chi connectivity index (χ4n) is 8.28. The van der Waals surface area contributed by atoms with Crippen molar-refractivity contribution in [1.29, 1.82) is 0 Å². The number of amides is 3. The lowest BCUT2D eigenvalue weighted by molar-refractivity contribution is -0.133. The van der Waals surface area contributed by atoms with Crippen LogP contribution in [0.15, 0.2) is 85.2 Å². The molecule has 3 aliphatic rings. The van der Waals surface area contributed by atoms with Gasteiger partial charge in [-0.25, -0.2) is 18.3 Å². The molecule has 0 spiro atoms. The molecule has 3 amide bonds. The van der Waals surface area contributed by atoms with Gasteiger partial charge in [-0.2, -0.15) is 5.10 Å². The second-order valence-corrected chi connectivity index (χ2v) is 15.1. The molecular formula is C43H46F2N8O3. The van der Waals surface area contributed by atoms with E-state index in [9.17, 15) is 23.2 Å². The zero-order valence-electron chi connectivity index (χ0n) is 31.2. The number of nitrogens with one attached hydrogen (secondary N) is 3. The molecule has 11 nitrogen and oxygen atoms in total. The Hall–Kier alpha value is -5.69. The molecule has 3 aliphatic heterocycles. The van der Waals surface area contributed by atoms with Crippen molar-refractivity contribution in [2.75, 3.05) is 36.4 Å². The number of halogens is 2. The van der Waals surface area contributed by atoms with Crippen LogP contribution in [0.5, 0.6) is 0 Å². The van der Waals surface area contributed by atoms with Crippen molar-refractivity contribution < 1.29 is 23.2 Å². The number of aryl methyl sites for hydroxylation is 1. The smallest absolute Gasteiger partial charge is 0.256 e. The maximum absolute atomic E-state index is 14.7. The van der Waals surface area contributed by atoms with E-state index in [4.69, 9.17) is 4.98 Å². The summed E-state index contributed by atoms with van der Waals surface area (Å²) < 4.78 is 30.2. The van der Waals surface area contributed by atoms with Gasteiger partial charge in [0.25, 0.3) is 5.91 Å². The highest BCUT2D eigenvalue weighted by Gasteiger charge is 2.31. The van der Waals surface area contributed by atoms with E-state index in [1.165, 1.54) is 29.0 Å². The van der Waals surface area contributed by atoms with Crippen LogP contribution in [0.1, 0.15) is 89.5 Å². The normalized spacial score (nSPS) is 19.4. The number of hydrogen-bond acceptors (Lipinski definition) is 8. The van der Waals surface area contributed by atoms with Crippen LogP contribution in [0.3, 0.4) is 0 Å². The van der Waals surface area contributed by atoms with E-state index in [0.29, 0.717) is 60.9 Å². The summed E-state index contributed by atoms with van der Waals surface area (Å²) in [6.45, 7) is 4.11. The Morgan fingerprint density at radius 3 is 2.46 bits per heavy atom. The highest BCUT2D eigenvalue weighted by molar-refractivity contribution is 6.01. The molecule has 290 valence electrons. The van der Waals surface area contributed by atoms with E-state index in [0.717, 1.165) is 69.6 Å². The quantitative estimate of drug-likeness (QED) is 0.100. The molecule has 0 aliphatic carbocycles. The van der Waals surface area contributed by atoms with Crippen molar-refractivity contribution in [1.82, 2.24) is 30.1 Å². The highest BCUT2D eigenvalue weighted by atomic mass is 19.1. The number of piperidine rings is 2. The number of imide groups is 1. The Kier molecular flexibility index (Phi) is 11.0. The topological polar surface area (TPSA) is 124 Å². The van der Waals surface area contributed by atoms with E-state index in [2.05, 4.69) is 62.3 Å². The van der Waals surface area contributed by atoms with Gasteiger partial charge in [-0.05, 0) is 117 Å². The average molecular weight is 761 g/mol. The zero-order chi connectivity index (χ0) is 38.6. The number of fused-ring (bicyclic) bond motifs is 1. The summed E-state index contributed by atoms with van der Waals surface area (Å²) in [6, 6.07) is 21.7. The number of benzene rings is 3. The molecular weight excluding hydrogens is 715 g/mol. The number of aromatic nitrogens is 3. The first-order chi connectivity index (χ1) is 27.3. The predicted molar refractivity (Wildman–Crippen MR) is 209 cm³/mol. The summed E-state index contributed by atoms with van der Waals surface area (Å²) in [4.78, 5) is 46.0. The lowest BCUT2D eigenvalue weighted by atomic mass is 9.89. The molecule has 0 saturated carbocycles. The number of rotatable bonds is 12. The number of carbonyl (C=O) groups excluding carboxylic acids is 3. The minimum atomic E-state index is -0.475. The van der Waals surface area contributed by atoms with Gasteiger partial charge in [0.15, 0.2) is 5.65 Å². The minimum Gasteiger partial charge on any atom is -0.374 e. The van der Waals surface area contributed by atoms with E-state index >= 15 is 0 Å². The van der Waals surface area contributed by atoms with Crippen molar-refractivity contribution in [2.45, 2.75) is 75.9 Å². The maximum atomic E-state index is 14.7. The molecule has 3 aromatic carbocycles. The molecule has 2 aromatic heterocycles. The third-order valence-electron chi connectivity index (χ3n) is 11.4. The van der Waals surface area contributed by atoms with Crippen LogP contribution in [0.2, 0.25) is 0 Å². The van der Waals surface area contributed by atoms with Crippen LogP contribution < -0.4 is 20.9 Å². The van der Waals surface area contributed by atoms with Gasteiger partial charge in [0, 0.05) is 43.5 Å². The summed E-state index contributed by atoms with van der Waals surface area (Å²) in [5.41, 5.74) is 5.80. The Morgan fingerprint density at radius 2 is 1.68 bits per heavy atom. The van der Waals surface area contributed by atoms with Crippen molar-refractivity contribution in [3.05, 3.63) is 125 Å². The van der Waals surface area contributed by atoms with Crippen molar-refractivity contribution >= 4 is 34.9 Å². The summed E-state index contributed by atoms with van der Waals surface area (Å²) in [6.07, 6.45) is 9.40. The Bertz CT molecular complexity index is 2200. The molecule has 56 heavy (non-hydrogen) atoms. The summed E-state index contributed by atoms with van der Waals surface area (Å²) >= 11 is 0. The minimum absolute atomic E-state index is 0.210. The molecule has 5 aromatic rings. The molecule has 8 rings (SSSR count). The number of nitrogens with zero attached hydrogens (tertiary/aromatic N) is 5. The first-order valence-corrected chi connectivity index (χ1v) is 19.6. The van der Waals surface area contributed by atoms with Gasteiger partial charge in [-0.3, -0.25) is 24.6 Å². The average Bonchev–Trinajstić information content (AvgIpc) is 3.88. The Morgan fingerprint density at radius 1 is 0.893 bits per heavy atom. The number of likely N-dealkylation sites (tertiary alicyclic amines) is 1. The first kappa shape index (κ1) is 37.2. The van der Waals surface area contributed by atoms with Gasteiger partial charge in [0.1, 0.15) is 29.1 Å². The molecule has 2 unspecified atom stereocenters. The lowest BCUT2D eigenvalue weighted by Crippen LogP contribution is -2.47. The third-order valence-corrected chi connectivity index (χ3v) is 11.4. The third kappa shape index (κ3) is 8.42. The summed E-state index contributed by atoms with van der Waals surface area (Å²) in [5, 5.41) is 13.0. The summed E-state index contributed by atoms with van der Waals surface area (Å²) in [5.74, 6) is -0.546. The van der Waals surface area contributed by atoms with Crippen LogP contribution in [0.25, 0.3) is 5.65 Å².